The lowest BCUT2D eigenvalue weighted by Gasteiger charge is -2.19. The maximum absolute atomic E-state index is 12.0. The first kappa shape index (κ1) is 26.2. The Morgan fingerprint density at radius 2 is 1.82 bits per heavy atom. The molecule has 0 aliphatic carbocycles. The third kappa shape index (κ3) is 9.43. The number of aliphatic imine (C=N–C) groups is 1. The largest absolute Gasteiger partial charge is 0.459 e. The first-order valence-electron chi connectivity index (χ1n) is 9.65. The first-order chi connectivity index (χ1) is 13.0. The van der Waals surface area contributed by atoms with Crippen LogP contribution < -0.4 is 16.0 Å². The molecule has 1 rings (SSSR count). The number of furan rings is 1. The average molecular weight is 507 g/mol. The molecule has 3 N–H and O–H groups in total. The number of hydrogen-bond donors (Lipinski definition) is 3. The highest BCUT2D eigenvalue weighted by Crippen LogP contribution is 2.07. The van der Waals surface area contributed by atoms with Crippen molar-refractivity contribution < 1.29 is 14.0 Å². The van der Waals surface area contributed by atoms with Crippen molar-refractivity contribution in [3.8, 4) is 0 Å². The van der Waals surface area contributed by atoms with Crippen LogP contribution in [0.25, 0.3) is 0 Å². The molecule has 0 saturated carbocycles. The minimum Gasteiger partial charge on any atom is -0.459 e. The number of nitrogens with zero attached hydrogens (tertiary/aromatic N) is 2. The monoisotopic (exact) mass is 507 g/mol. The molecule has 0 saturated heterocycles. The molecule has 0 spiro atoms. The van der Waals surface area contributed by atoms with E-state index in [0.29, 0.717) is 44.2 Å². The van der Waals surface area contributed by atoms with Crippen molar-refractivity contribution in [1.29, 1.82) is 0 Å². The highest BCUT2D eigenvalue weighted by Gasteiger charge is 2.11. The standard InChI is InChI=1S/C19H33N5O3.HI/c1-5-20-19(23-13-9-16(25)24(6-2)7-3)22-12-8-11-21-18(26)17-15(4)10-14-27-17;/h10,14H,5-9,11-13H2,1-4H3,(H,21,26)(H2,20,22,23);1H. The molecular weight excluding hydrogens is 473 g/mol. The SMILES string of the molecule is CCNC(=NCCCNC(=O)c1occc1C)NCCC(=O)N(CC)CC.I. The number of amides is 2. The van der Waals surface area contributed by atoms with Gasteiger partial charge in [0.05, 0.1) is 6.26 Å². The molecule has 28 heavy (non-hydrogen) atoms. The lowest BCUT2D eigenvalue weighted by Crippen LogP contribution is -2.40. The lowest BCUT2D eigenvalue weighted by molar-refractivity contribution is -0.130. The Morgan fingerprint density at radius 3 is 2.39 bits per heavy atom. The van der Waals surface area contributed by atoms with Gasteiger partial charge in [-0.3, -0.25) is 14.6 Å². The average Bonchev–Trinajstić information content (AvgIpc) is 3.08. The second kappa shape index (κ2) is 15.2. The smallest absolute Gasteiger partial charge is 0.287 e. The topological polar surface area (TPSA) is 99.0 Å². The summed E-state index contributed by atoms with van der Waals surface area (Å²) in [6, 6.07) is 1.76. The van der Waals surface area contributed by atoms with Crippen LogP contribution in [0.4, 0.5) is 0 Å². The molecule has 1 heterocycles. The molecule has 0 radical (unpaired) electrons. The van der Waals surface area contributed by atoms with Crippen LogP contribution in [0, 0.1) is 6.92 Å². The summed E-state index contributed by atoms with van der Waals surface area (Å²) in [4.78, 5) is 30.2. The summed E-state index contributed by atoms with van der Waals surface area (Å²) < 4.78 is 5.16. The molecule has 0 aliphatic rings. The van der Waals surface area contributed by atoms with E-state index in [1.807, 2.05) is 32.6 Å². The summed E-state index contributed by atoms with van der Waals surface area (Å²) in [5, 5.41) is 9.15. The number of halogens is 1. The fraction of sp³-hybridized carbons (Fsp3) is 0.632. The van der Waals surface area contributed by atoms with Crippen molar-refractivity contribution in [1.82, 2.24) is 20.9 Å². The van der Waals surface area contributed by atoms with E-state index in [1.165, 1.54) is 6.26 Å². The summed E-state index contributed by atoms with van der Waals surface area (Å²) >= 11 is 0. The normalized spacial score (nSPS) is 10.8. The van der Waals surface area contributed by atoms with Gasteiger partial charge in [-0.15, -0.1) is 24.0 Å². The van der Waals surface area contributed by atoms with E-state index >= 15 is 0 Å². The molecule has 1 aromatic heterocycles. The Balaban J connectivity index is 0.00000729. The number of hydrogen-bond acceptors (Lipinski definition) is 4. The lowest BCUT2D eigenvalue weighted by atomic mass is 10.2. The fourth-order valence-electron chi connectivity index (χ4n) is 2.52. The predicted molar refractivity (Wildman–Crippen MR) is 122 cm³/mol. The minimum atomic E-state index is -0.207. The number of aryl methyl sites for hydroxylation is 1. The quantitative estimate of drug-likeness (QED) is 0.185. The molecule has 0 fully saturated rings. The fourth-order valence-corrected chi connectivity index (χ4v) is 2.52. The van der Waals surface area contributed by atoms with E-state index in [4.69, 9.17) is 4.42 Å². The number of rotatable bonds is 11. The van der Waals surface area contributed by atoms with Crippen molar-refractivity contribution in [3.63, 3.8) is 0 Å². The third-order valence-electron chi connectivity index (χ3n) is 4.05. The summed E-state index contributed by atoms with van der Waals surface area (Å²) in [7, 11) is 0. The molecule has 0 bridgehead atoms. The maximum Gasteiger partial charge on any atom is 0.287 e. The van der Waals surface area contributed by atoms with Gasteiger partial charge in [0.2, 0.25) is 5.91 Å². The number of guanidine groups is 1. The molecule has 8 nitrogen and oxygen atoms in total. The molecule has 2 amide bonds. The molecule has 0 unspecified atom stereocenters. The van der Waals surface area contributed by atoms with Gasteiger partial charge in [0.15, 0.2) is 11.7 Å². The van der Waals surface area contributed by atoms with Crippen LogP contribution in [-0.4, -0.2) is 61.9 Å². The van der Waals surface area contributed by atoms with Crippen molar-refractivity contribution in [3.05, 3.63) is 23.7 Å². The van der Waals surface area contributed by atoms with Crippen molar-refractivity contribution in [2.75, 3.05) is 39.3 Å². The van der Waals surface area contributed by atoms with Gasteiger partial charge in [-0.1, -0.05) is 0 Å². The minimum absolute atomic E-state index is 0. The Kier molecular flexibility index (Phi) is 14.2. The summed E-state index contributed by atoms with van der Waals surface area (Å²) in [6.07, 6.45) is 2.65. The van der Waals surface area contributed by atoms with Gasteiger partial charge in [0.25, 0.3) is 5.91 Å². The molecule has 160 valence electrons. The van der Waals surface area contributed by atoms with Crippen LogP contribution in [0.1, 0.15) is 49.7 Å². The molecular formula is C19H34IN5O3. The molecule has 9 heteroatoms. The van der Waals surface area contributed by atoms with E-state index in [-0.39, 0.29) is 35.8 Å². The van der Waals surface area contributed by atoms with Crippen LogP contribution >= 0.6 is 24.0 Å². The Morgan fingerprint density at radius 1 is 1.11 bits per heavy atom. The Bertz CT molecular complexity index is 614. The van der Waals surface area contributed by atoms with Crippen LogP contribution in [-0.2, 0) is 4.79 Å². The van der Waals surface area contributed by atoms with Gasteiger partial charge in [-0.2, -0.15) is 0 Å². The van der Waals surface area contributed by atoms with Crippen molar-refractivity contribution in [2.24, 2.45) is 4.99 Å². The number of nitrogens with one attached hydrogen (secondary N) is 3. The molecule has 0 aliphatic heterocycles. The van der Waals surface area contributed by atoms with E-state index < -0.39 is 0 Å². The Hall–Kier alpha value is -1.78. The highest BCUT2D eigenvalue weighted by atomic mass is 127. The maximum atomic E-state index is 12.0. The van der Waals surface area contributed by atoms with E-state index in [2.05, 4.69) is 20.9 Å². The zero-order chi connectivity index (χ0) is 20.1. The summed E-state index contributed by atoms with van der Waals surface area (Å²) in [5.74, 6) is 0.963. The van der Waals surface area contributed by atoms with Gasteiger partial charge in [0, 0.05) is 51.3 Å². The van der Waals surface area contributed by atoms with Crippen LogP contribution in [0.2, 0.25) is 0 Å². The van der Waals surface area contributed by atoms with Crippen LogP contribution in [0.15, 0.2) is 21.7 Å². The van der Waals surface area contributed by atoms with Gasteiger partial charge >= 0.3 is 0 Å². The zero-order valence-corrected chi connectivity index (χ0v) is 19.7. The summed E-state index contributed by atoms with van der Waals surface area (Å²) in [5.41, 5.74) is 0.823. The van der Waals surface area contributed by atoms with Gasteiger partial charge in [-0.25, -0.2) is 0 Å². The van der Waals surface area contributed by atoms with E-state index in [0.717, 1.165) is 25.2 Å². The molecule has 1 aromatic rings. The van der Waals surface area contributed by atoms with Gasteiger partial charge < -0.3 is 25.3 Å². The second-order valence-electron chi connectivity index (χ2n) is 6.05. The van der Waals surface area contributed by atoms with Crippen LogP contribution in [0.5, 0.6) is 0 Å². The zero-order valence-electron chi connectivity index (χ0n) is 17.3. The highest BCUT2D eigenvalue weighted by molar-refractivity contribution is 14.0. The number of carbonyl (C=O) groups excluding carboxylic acids is 2. The molecule has 0 aromatic carbocycles. The van der Waals surface area contributed by atoms with Crippen molar-refractivity contribution >= 4 is 41.8 Å². The van der Waals surface area contributed by atoms with Gasteiger partial charge in [0.1, 0.15) is 0 Å². The summed E-state index contributed by atoms with van der Waals surface area (Å²) in [6.45, 7) is 11.6. The third-order valence-corrected chi connectivity index (χ3v) is 4.05. The van der Waals surface area contributed by atoms with E-state index in [1.54, 1.807) is 6.07 Å². The first-order valence-corrected chi connectivity index (χ1v) is 9.65. The van der Waals surface area contributed by atoms with Gasteiger partial charge in [-0.05, 0) is 40.2 Å². The molecule has 0 atom stereocenters. The van der Waals surface area contributed by atoms with E-state index in [9.17, 15) is 9.59 Å². The second-order valence-corrected chi connectivity index (χ2v) is 6.05. The number of carbonyl (C=O) groups is 2. The van der Waals surface area contributed by atoms with Crippen molar-refractivity contribution in [2.45, 2.75) is 40.5 Å². The predicted octanol–water partition coefficient (Wildman–Crippen LogP) is 2.14. The van der Waals surface area contributed by atoms with Crippen LogP contribution in [0.3, 0.4) is 0 Å². The Labute approximate surface area is 184 Å².